The number of aromatic nitrogens is 1. The summed E-state index contributed by atoms with van der Waals surface area (Å²) in [6.07, 6.45) is 1.07. The number of hydrogen-bond acceptors (Lipinski definition) is 3. The molecule has 17 heavy (non-hydrogen) atoms. The number of nitriles is 1. The Morgan fingerprint density at radius 2 is 2.06 bits per heavy atom. The fourth-order valence-electron chi connectivity index (χ4n) is 2.07. The van der Waals surface area contributed by atoms with Gasteiger partial charge in [0, 0.05) is 18.3 Å². The predicted octanol–water partition coefficient (Wildman–Crippen LogP) is 3.19. The van der Waals surface area contributed by atoms with Crippen molar-refractivity contribution in [3.8, 4) is 6.07 Å². The van der Waals surface area contributed by atoms with Gasteiger partial charge in [0.25, 0.3) is 0 Å². The maximum absolute atomic E-state index is 9.27. The summed E-state index contributed by atoms with van der Waals surface area (Å²) in [6.45, 7) is 11.3. The van der Waals surface area contributed by atoms with Gasteiger partial charge in [0.1, 0.15) is 6.07 Å². The van der Waals surface area contributed by atoms with Gasteiger partial charge in [-0.15, -0.1) is 0 Å². The Balaban J connectivity index is 3.31. The zero-order chi connectivity index (χ0) is 13.0. The molecule has 0 N–H and O–H groups in total. The van der Waals surface area contributed by atoms with Crippen LogP contribution in [0, 0.1) is 25.2 Å². The molecule has 1 aromatic rings. The van der Waals surface area contributed by atoms with Crippen molar-refractivity contribution in [2.75, 3.05) is 11.4 Å². The third-order valence-electron chi connectivity index (χ3n) is 2.82. The van der Waals surface area contributed by atoms with Crippen LogP contribution in [0.5, 0.6) is 0 Å². The second kappa shape index (κ2) is 5.67. The Morgan fingerprint density at radius 3 is 2.53 bits per heavy atom. The molecule has 0 atom stereocenters. The first-order valence-electron chi connectivity index (χ1n) is 6.16. The summed E-state index contributed by atoms with van der Waals surface area (Å²) in [4.78, 5) is 6.64. The van der Waals surface area contributed by atoms with Crippen molar-refractivity contribution in [1.29, 1.82) is 5.26 Å². The van der Waals surface area contributed by atoms with Gasteiger partial charge in [0.2, 0.25) is 0 Å². The SMILES string of the molecule is CCCN(c1cc(C)nc(C)c1C#N)C(C)C. The van der Waals surface area contributed by atoms with E-state index in [9.17, 15) is 5.26 Å². The van der Waals surface area contributed by atoms with E-state index in [0.717, 1.165) is 30.0 Å². The van der Waals surface area contributed by atoms with E-state index in [2.05, 4.69) is 36.7 Å². The average Bonchev–Trinajstić information content (AvgIpc) is 2.24. The summed E-state index contributed by atoms with van der Waals surface area (Å²) in [6, 6.07) is 4.69. The van der Waals surface area contributed by atoms with Crippen molar-refractivity contribution < 1.29 is 0 Å². The summed E-state index contributed by atoms with van der Waals surface area (Å²) in [5.74, 6) is 0. The minimum atomic E-state index is 0.392. The van der Waals surface area contributed by atoms with E-state index >= 15 is 0 Å². The quantitative estimate of drug-likeness (QED) is 0.799. The predicted molar refractivity (Wildman–Crippen MR) is 71.2 cm³/mol. The van der Waals surface area contributed by atoms with Crippen molar-refractivity contribution in [3.05, 3.63) is 23.0 Å². The molecule has 0 saturated heterocycles. The van der Waals surface area contributed by atoms with Crippen molar-refractivity contribution in [3.63, 3.8) is 0 Å². The van der Waals surface area contributed by atoms with Gasteiger partial charge in [-0.05, 0) is 40.2 Å². The first kappa shape index (κ1) is 13.5. The van der Waals surface area contributed by atoms with Crippen LogP contribution in [0.15, 0.2) is 6.07 Å². The van der Waals surface area contributed by atoms with Gasteiger partial charge < -0.3 is 4.90 Å². The molecule has 0 bridgehead atoms. The van der Waals surface area contributed by atoms with Gasteiger partial charge >= 0.3 is 0 Å². The first-order chi connectivity index (χ1) is 8.01. The number of rotatable bonds is 4. The average molecular weight is 231 g/mol. The summed E-state index contributed by atoms with van der Waals surface area (Å²) in [7, 11) is 0. The van der Waals surface area contributed by atoms with E-state index in [4.69, 9.17) is 0 Å². The van der Waals surface area contributed by atoms with E-state index in [0.29, 0.717) is 11.6 Å². The fraction of sp³-hybridized carbons (Fsp3) is 0.571. The normalized spacial score (nSPS) is 10.4. The van der Waals surface area contributed by atoms with Crippen LogP contribution in [0.4, 0.5) is 5.69 Å². The Morgan fingerprint density at radius 1 is 1.41 bits per heavy atom. The minimum Gasteiger partial charge on any atom is -0.368 e. The van der Waals surface area contributed by atoms with Gasteiger partial charge in [-0.2, -0.15) is 5.26 Å². The zero-order valence-electron chi connectivity index (χ0n) is 11.4. The van der Waals surface area contributed by atoms with Gasteiger partial charge in [-0.1, -0.05) is 6.92 Å². The zero-order valence-corrected chi connectivity index (χ0v) is 11.4. The van der Waals surface area contributed by atoms with Crippen LogP contribution in [-0.2, 0) is 0 Å². The van der Waals surface area contributed by atoms with Gasteiger partial charge in [0.15, 0.2) is 0 Å². The number of pyridine rings is 1. The van der Waals surface area contributed by atoms with Crippen LogP contribution in [-0.4, -0.2) is 17.6 Å². The van der Waals surface area contributed by atoms with Crippen LogP contribution in [0.25, 0.3) is 0 Å². The smallest absolute Gasteiger partial charge is 0.103 e. The van der Waals surface area contributed by atoms with E-state index in [1.54, 1.807) is 0 Å². The van der Waals surface area contributed by atoms with Crippen LogP contribution in [0.1, 0.15) is 44.1 Å². The van der Waals surface area contributed by atoms with Crippen LogP contribution in [0.3, 0.4) is 0 Å². The molecule has 0 aliphatic heterocycles. The van der Waals surface area contributed by atoms with Crippen LogP contribution < -0.4 is 4.90 Å². The summed E-state index contributed by atoms with van der Waals surface area (Å²) in [5.41, 5.74) is 3.52. The first-order valence-corrected chi connectivity index (χ1v) is 6.16. The molecule has 1 heterocycles. The van der Waals surface area contributed by atoms with E-state index < -0.39 is 0 Å². The van der Waals surface area contributed by atoms with E-state index in [-0.39, 0.29) is 0 Å². The molecule has 3 nitrogen and oxygen atoms in total. The van der Waals surface area contributed by atoms with Crippen molar-refractivity contribution in [2.24, 2.45) is 0 Å². The molecule has 0 aromatic carbocycles. The number of aryl methyl sites for hydroxylation is 2. The third-order valence-corrected chi connectivity index (χ3v) is 2.82. The lowest BCUT2D eigenvalue weighted by molar-refractivity contribution is 0.669. The summed E-state index contributed by atoms with van der Waals surface area (Å²) >= 11 is 0. The summed E-state index contributed by atoms with van der Waals surface area (Å²) in [5, 5.41) is 9.27. The lowest BCUT2D eigenvalue weighted by Crippen LogP contribution is -2.32. The number of nitrogens with zero attached hydrogens (tertiary/aromatic N) is 3. The molecule has 92 valence electrons. The molecule has 0 aliphatic carbocycles. The van der Waals surface area contributed by atoms with Crippen LogP contribution in [0.2, 0.25) is 0 Å². The fourth-order valence-corrected chi connectivity index (χ4v) is 2.07. The van der Waals surface area contributed by atoms with Crippen molar-refractivity contribution in [1.82, 2.24) is 4.98 Å². The second-order valence-corrected chi connectivity index (χ2v) is 4.64. The second-order valence-electron chi connectivity index (χ2n) is 4.64. The topological polar surface area (TPSA) is 39.9 Å². The van der Waals surface area contributed by atoms with Gasteiger partial charge in [0.05, 0.1) is 16.9 Å². The van der Waals surface area contributed by atoms with Crippen LogP contribution >= 0.6 is 0 Å². The molecular formula is C14H21N3. The standard InChI is InChI=1S/C14H21N3/c1-6-7-17(10(2)3)14-8-11(4)16-12(5)13(14)9-15/h8,10H,6-7H2,1-5H3. The third kappa shape index (κ3) is 2.97. The highest BCUT2D eigenvalue weighted by Gasteiger charge is 2.16. The number of anilines is 1. The van der Waals surface area contributed by atoms with Crippen molar-refractivity contribution in [2.45, 2.75) is 47.1 Å². The lowest BCUT2D eigenvalue weighted by atomic mass is 10.1. The molecule has 3 heteroatoms. The van der Waals surface area contributed by atoms with Gasteiger partial charge in [-0.3, -0.25) is 4.98 Å². The molecule has 0 fully saturated rings. The molecular weight excluding hydrogens is 210 g/mol. The highest BCUT2D eigenvalue weighted by Crippen LogP contribution is 2.25. The number of hydrogen-bond donors (Lipinski definition) is 0. The molecule has 0 aliphatic rings. The molecule has 0 unspecified atom stereocenters. The maximum atomic E-state index is 9.27. The molecule has 1 rings (SSSR count). The minimum absolute atomic E-state index is 0.392. The van der Waals surface area contributed by atoms with E-state index in [1.807, 2.05) is 19.9 Å². The van der Waals surface area contributed by atoms with Gasteiger partial charge in [-0.25, -0.2) is 0 Å². The molecule has 0 amide bonds. The lowest BCUT2D eigenvalue weighted by Gasteiger charge is -2.30. The Bertz CT molecular complexity index is 430. The highest BCUT2D eigenvalue weighted by atomic mass is 15.2. The van der Waals surface area contributed by atoms with Crippen molar-refractivity contribution >= 4 is 5.69 Å². The molecule has 0 spiro atoms. The summed E-state index contributed by atoms with van der Waals surface area (Å²) < 4.78 is 0. The monoisotopic (exact) mass is 231 g/mol. The molecule has 0 radical (unpaired) electrons. The Kier molecular flexibility index (Phi) is 4.51. The Hall–Kier alpha value is -1.56. The largest absolute Gasteiger partial charge is 0.368 e. The molecule has 0 saturated carbocycles. The Labute approximate surface area is 104 Å². The molecule has 1 aromatic heterocycles. The highest BCUT2D eigenvalue weighted by molar-refractivity contribution is 5.62. The van der Waals surface area contributed by atoms with E-state index in [1.165, 1.54) is 0 Å². The maximum Gasteiger partial charge on any atom is 0.103 e.